The molecule has 1 atom stereocenters. The first-order chi connectivity index (χ1) is 15.2. The summed E-state index contributed by atoms with van der Waals surface area (Å²) in [6.07, 6.45) is 4.28. The number of fused-ring (bicyclic) bond motifs is 1. The highest BCUT2D eigenvalue weighted by Crippen LogP contribution is 2.30. The summed E-state index contributed by atoms with van der Waals surface area (Å²) < 4.78 is 43.6. The van der Waals surface area contributed by atoms with Crippen LogP contribution in [0.15, 0.2) is 57.2 Å². The molecular formula is C25H29FN2O3S. The number of hydrogen-bond acceptors (Lipinski definition) is 4. The lowest BCUT2D eigenvalue weighted by Crippen LogP contribution is -2.35. The molecule has 0 spiro atoms. The third-order valence-corrected chi connectivity index (χ3v) is 7.91. The summed E-state index contributed by atoms with van der Waals surface area (Å²) in [4.78, 5) is 15.1. The molecular weight excluding hydrogens is 427 g/mol. The molecule has 0 amide bonds. The molecule has 4 rings (SSSR count). The van der Waals surface area contributed by atoms with Crippen LogP contribution in [-0.2, 0) is 16.4 Å². The van der Waals surface area contributed by atoms with Crippen molar-refractivity contribution in [3.8, 4) is 0 Å². The lowest BCUT2D eigenvalue weighted by molar-refractivity contribution is 0.442. The highest BCUT2D eigenvalue weighted by atomic mass is 32.2. The zero-order chi connectivity index (χ0) is 23.0. The van der Waals surface area contributed by atoms with Crippen LogP contribution in [0.5, 0.6) is 0 Å². The van der Waals surface area contributed by atoms with Gasteiger partial charge in [-0.2, -0.15) is 0 Å². The molecule has 170 valence electrons. The van der Waals surface area contributed by atoms with Gasteiger partial charge in [0.25, 0.3) is 0 Å². The lowest BCUT2D eigenvalue weighted by atomic mass is 9.99. The van der Waals surface area contributed by atoms with Gasteiger partial charge in [0.2, 0.25) is 15.3 Å². The predicted molar refractivity (Wildman–Crippen MR) is 126 cm³/mol. The summed E-state index contributed by atoms with van der Waals surface area (Å²) in [7, 11) is -4.04. The number of sulfone groups is 1. The third kappa shape index (κ3) is 4.06. The SMILES string of the molecule is CCCn1cc(S(=O)(=O)c2cccc(C)c2)c(=O)c2cc(F)c(N3CCCC(C)C3)cc21. The molecule has 0 bridgehead atoms. The van der Waals surface area contributed by atoms with Gasteiger partial charge in [-0.1, -0.05) is 26.0 Å². The fourth-order valence-corrected chi connectivity index (χ4v) is 6.02. The molecule has 7 heteroatoms. The van der Waals surface area contributed by atoms with E-state index < -0.39 is 21.1 Å². The fourth-order valence-electron chi connectivity index (χ4n) is 4.55. The van der Waals surface area contributed by atoms with Crippen LogP contribution in [0.3, 0.4) is 0 Å². The zero-order valence-corrected chi connectivity index (χ0v) is 19.6. The van der Waals surface area contributed by atoms with Crippen molar-refractivity contribution in [3.63, 3.8) is 0 Å². The molecule has 1 aliphatic heterocycles. The van der Waals surface area contributed by atoms with Gasteiger partial charge in [0.05, 0.1) is 21.5 Å². The molecule has 1 aliphatic rings. The molecule has 1 saturated heterocycles. The van der Waals surface area contributed by atoms with E-state index >= 15 is 4.39 Å². The molecule has 0 saturated carbocycles. The van der Waals surface area contributed by atoms with Gasteiger partial charge < -0.3 is 9.47 Å². The first-order valence-electron chi connectivity index (χ1n) is 11.2. The lowest BCUT2D eigenvalue weighted by Gasteiger charge is -2.33. The van der Waals surface area contributed by atoms with E-state index in [0.29, 0.717) is 23.7 Å². The van der Waals surface area contributed by atoms with Crippen molar-refractivity contribution >= 4 is 26.4 Å². The minimum atomic E-state index is -4.04. The second-order valence-electron chi connectivity index (χ2n) is 8.85. The minimum Gasteiger partial charge on any atom is -0.369 e. The van der Waals surface area contributed by atoms with Crippen LogP contribution >= 0.6 is 0 Å². The molecule has 1 fully saturated rings. The van der Waals surface area contributed by atoms with Crippen LogP contribution in [0, 0.1) is 18.7 Å². The maximum Gasteiger partial charge on any atom is 0.211 e. The number of aryl methyl sites for hydroxylation is 2. The monoisotopic (exact) mass is 456 g/mol. The molecule has 3 aromatic rings. The Balaban J connectivity index is 1.93. The number of hydrogen-bond donors (Lipinski definition) is 0. The molecule has 5 nitrogen and oxygen atoms in total. The number of rotatable bonds is 5. The topological polar surface area (TPSA) is 59.4 Å². The van der Waals surface area contributed by atoms with Crippen LogP contribution in [0.25, 0.3) is 10.9 Å². The molecule has 0 radical (unpaired) electrons. The van der Waals surface area contributed by atoms with E-state index in [4.69, 9.17) is 0 Å². The predicted octanol–water partition coefficient (Wildman–Crippen LogP) is 4.93. The maximum absolute atomic E-state index is 15.2. The van der Waals surface area contributed by atoms with Crippen molar-refractivity contribution in [2.45, 2.75) is 56.4 Å². The fraction of sp³-hybridized carbons (Fsp3) is 0.400. The summed E-state index contributed by atoms with van der Waals surface area (Å²) in [6.45, 7) is 7.99. The number of anilines is 1. The molecule has 1 unspecified atom stereocenters. The van der Waals surface area contributed by atoms with E-state index in [9.17, 15) is 13.2 Å². The van der Waals surface area contributed by atoms with Crippen molar-refractivity contribution in [2.75, 3.05) is 18.0 Å². The van der Waals surface area contributed by atoms with Gasteiger partial charge in [-0.25, -0.2) is 12.8 Å². The highest BCUT2D eigenvalue weighted by Gasteiger charge is 2.26. The normalized spacial score (nSPS) is 17.1. The average Bonchev–Trinajstić information content (AvgIpc) is 2.75. The van der Waals surface area contributed by atoms with Crippen LogP contribution in [0.2, 0.25) is 0 Å². The standard InChI is InChI=1S/C25H29FN2O3S/c1-4-10-27-16-24(32(30,31)19-9-5-7-17(2)12-19)25(29)20-13-21(26)23(14-22(20)27)28-11-6-8-18(3)15-28/h5,7,9,12-14,16,18H,4,6,8,10-11,15H2,1-3H3. The van der Waals surface area contributed by atoms with Gasteiger partial charge in [0.1, 0.15) is 10.7 Å². The zero-order valence-electron chi connectivity index (χ0n) is 18.8. The first-order valence-corrected chi connectivity index (χ1v) is 12.6. The van der Waals surface area contributed by atoms with E-state index in [1.54, 1.807) is 35.8 Å². The Hall–Kier alpha value is -2.67. The van der Waals surface area contributed by atoms with E-state index in [2.05, 4.69) is 6.92 Å². The first kappa shape index (κ1) is 22.5. The summed E-state index contributed by atoms with van der Waals surface area (Å²) in [5.74, 6) is -0.0182. The van der Waals surface area contributed by atoms with Crippen molar-refractivity contribution in [1.29, 1.82) is 0 Å². The Labute approximate surface area is 188 Å². The number of piperidine rings is 1. The van der Waals surface area contributed by atoms with E-state index in [1.165, 1.54) is 18.3 Å². The van der Waals surface area contributed by atoms with Crippen molar-refractivity contribution in [3.05, 3.63) is 64.2 Å². The highest BCUT2D eigenvalue weighted by molar-refractivity contribution is 7.91. The molecule has 2 heterocycles. The van der Waals surface area contributed by atoms with Gasteiger partial charge in [0.15, 0.2) is 0 Å². The van der Waals surface area contributed by atoms with Crippen LogP contribution < -0.4 is 10.3 Å². The Morgan fingerprint density at radius 3 is 2.66 bits per heavy atom. The molecule has 0 aliphatic carbocycles. The Morgan fingerprint density at radius 2 is 1.97 bits per heavy atom. The summed E-state index contributed by atoms with van der Waals surface area (Å²) in [5, 5.41) is 0.0958. The quantitative estimate of drug-likeness (QED) is 0.546. The number of aromatic nitrogens is 1. The van der Waals surface area contributed by atoms with E-state index in [0.717, 1.165) is 37.9 Å². The van der Waals surface area contributed by atoms with Gasteiger partial charge in [-0.15, -0.1) is 0 Å². The number of benzene rings is 2. The third-order valence-electron chi connectivity index (χ3n) is 6.17. The largest absolute Gasteiger partial charge is 0.369 e. The number of halogens is 1. The molecule has 32 heavy (non-hydrogen) atoms. The number of pyridine rings is 1. The summed E-state index contributed by atoms with van der Waals surface area (Å²) in [6, 6.07) is 9.41. The van der Waals surface area contributed by atoms with Gasteiger partial charge in [-0.05, 0) is 61.9 Å². The Morgan fingerprint density at radius 1 is 1.19 bits per heavy atom. The Kier molecular flexibility index (Phi) is 6.12. The van der Waals surface area contributed by atoms with E-state index in [1.807, 2.05) is 11.8 Å². The number of nitrogens with zero attached hydrogens (tertiary/aromatic N) is 2. The minimum absolute atomic E-state index is 0.0661. The van der Waals surface area contributed by atoms with E-state index in [-0.39, 0.29) is 15.2 Å². The Bertz CT molecular complexity index is 1330. The van der Waals surface area contributed by atoms with Crippen molar-refractivity contribution in [1.82, 2.24) is 4.57 Å². The van der Waals surface area contributed by atoms with Crippen LogP contribution in [0.1, 0.15) is 38.7 Å². The second kappa shape index (κ2) is 8.70. The van der Waals surface area contributed by atoms with Gasteiger partial charge in [0, 0.05) is 25.8 Å². The van der Waals surface area contributed by atoms with Crippen LogP contribution in [0.4, 0.5) is 10.1 Å². The van der Waals surface area contributed by atoms with Gasteiger partial charge in [-0.3, -0.25) is 4.79 Å². The smallest absolute Gasteiger partial charge is 0.211 e. The van der Waals surface area contributed by atoms with Crippen LogP contribution in [-0.4, -0.2) is 26.1 Å². The summed E-state index contributed by atoms with van der Waals surface area (Å²) >= 11 is 0. The molecule has 1 aromatic heterocycles. The van der Waals surface area contributed by atoms with Crippen molar-refractivity contribution in [2.24, 2.45) is 5.92 Å². The maximum atomic E-state index is 15.2. The molecule has 2 aromatic carbocycles. The van der Waals surface area contributed by atoms with Gasteiger partial charge >= 0.3 is 0 Å². The van der Waals surface area contributed by atoms with Crippen molar-refractivity contribution < 1.29 is 12.8 Å². The average molecular weight is 457 g/mol. The summed E-state index contributed by atoms with van der Waals surface area (Å²) in [5.41, 5.74) is 1.16. The second-order valence-corrected chi connectivity index (χ2v) is 10.8. The molecule has 0 N–H and O–H groups in total.